The van der Waals surface area contributed by atoms with Crippen LogP contribution in [0.4, 0.5) is 10.1 Å². The van der Waals surface area contributed by atoms with Crippen LogP contribution in [0.25, 0.3) is 0 Å². The Hall–Kier alpha value is -2.97. The van der Waals surface area contributed by atoms with Crippen LogP contribution >= 0.6 is 0 Å². The van der Waals surface area contributed by atoms with Gasteiger partial charge in [0.15, 0.2) is 0 Å². The van der Waals surface area contributed by atoms with Crippen LogP contribution in [0.3, 0.4) is 0 Å². The number of halogens is 1. The Labute approximate surface area is 187 Å². The molecule has 0 bridgehead atoms. The summed E-state index contributed by atoms with van der Waals surface area (Å²) in [6.07, 6.45) is -0.136. The third kappa shape index (κ3) is 5.83. The summed E-state index contributed by atoms with van der Waals surface area (Å²) in [6, 6.07) is 10.4. The van der Waals surface area contributed by atoms with E-state index in [0.717, 1.165) is 12.6 Å². The average molecular weight is 444 g/mol. The number of fused-ring (bicyclic) bond motifs is 1. The van der Waals surface area contributed by atoms with Crippen molar-refractivity contribution in [2.24, 2.45) is 5.92 Å². The molecule has 0 fully saturated rings. The van der Waals surface area contributed by atoms with Gasteiger partial charge in [0.25, 0.3) is 11.8 Å². The molecular formula is C24H30FN3O4. The number of methoxy groups -OCH3 is 1. The van der Waals surface area contributed by atoms with Gasteiger partial charge in [-0.3, -0.25) is 9.59 Å². The molecule has 0 saturated heterocycles. The normalized spacial score (nSPS) is 22.2. The highest BCUT2D eigenvalue weighted by molar-refractivity contribution is 6.05. The van der Waals surface area contributed by atoms with Crippen LogP contribution in [-0.4, -0.2) is 62.7 Å². The summed E-state index contributed by atoms with van der Waals surface area (Å²) in [5, 5.41) is 6.16. The van der Waals surface area contributed by atoms with Crippen LogP contribution in [0.2, 0.25) is 0 Å². The lowest BCUT2D eigenvalue weighted by Gasteiger charge is -2.30. The number of nitrogens with zero attached hydrogens (tertiary/aromatic N) is 1. The van der Waals surface area contributed by atoms with E-state index in [4.69, 9.17) is 9.47 Å². The first kappa shape index (κ1) is 23.7. The van der Waals surface area contributed by atoms with E-state index in [1.807, 2.05) is 6.92 Å². The van der Waals surface area contributed by atoms with E-state index in [0.29, 0.717) is 30.2 Å². The van der Waals surface area contributed by atoms with E-state index in [9.17, 15) is 14.0 Å². The van der Waals surface area contributed by atoms with Gasteiger partial charge in [0.2, 0.25) is 0 Å². The summed E-state index contributed by atoms with van der Waals surface area (Å²) in [4.78, 5) is 27.4. The largest absolute Gasteiger partial charge is 0.491 e. The van der Waals surface area contributed by atoms with Gasteiger partial charge in [-0.1, -0.05) is 13.0 Å². The zero-order valence-electron chi connectivity index (χ0n) is 18.9. The van der Waals surface area contributed by atoms with Crippen molar-refractivity contribution in [2.45, 2.75) is 26.0 Å². The second-order valence-corrected chi connectivity index (χ2v) is 8.23. The number of anilines is 1. The van der Waals surface area contributed by atoms with Crippen molar-refractivity contribution in [3.8, 4) is 5.75 Å². The number of carbonyl (C=O) groups is 2. The molecule has 2 N–H and O–H groups in total. The van der Waals surface area contributed by atoms with Gasteiger partial charge in [0.05, 0.1) is 11.7 Å². The minimum absolute atomic E-state index is 0.0717. The number of amides is 2. The van der Waals surface area contributed by atoms with Crippen molar-refractivity contribution >= 4 is 17.5 Å². The molecular weight excluding hydrogens is 413 g/mol. The summed E-state index contributed by atoms with van der Waals surface area (Å²) >= 11 is 0. The zero-order valence-corrected chi connectivity index (χ0v) is 18.9. The first-order valence-electron chi connectivity index (χ1n) is 10.6. The van der Waals surface area contributed by atoms with Crippen molar-refractivity contribution in [1.82, 2.24) is 10.2 Å². The lowest BCUT2D eigenvalue weighted by Crippen LogP contribution is -2.44. The third-order valence-electron chi connectivity index (χ3n) is 5.57. The Bertz CT molecular complexity index is 968. The Balaban J connectivity index is 1.89. The van der Waals surface area contributed by atoms with Gasteiger partial charge < -0.3 is 25.0 Å². The minimum Gasteiger partial charge on any atom is -0.491 e. The third-order valence-corrected chi connectivity index (χ3v) is 5.57. The van der Waals surface area contributed by atoms with Crippen molar-refractivity contribution in [3.63, 3.8) is 0 Å². The van der Waals surface area contributed by atoms with Gasteiger partial charge in [-0.05, 0) is 49.2 Å². The molecule has 2 aromatic carbocycles. The Morgan fingerprint density at radius 2 is 2.03 bits per heavy atom. The molecule has 2 aromatic rings. The molecule has 0 saturated carbocycles. The number of rotatable bonds is 3. The van der Waals surface area contributed by atoms with E-state index in [1.54, 1.807) is 37.3 Å². The van der Waals surface area contributed by atoms with Gasteiger partial charge in [0.1, 0.15) is 18.2 Å². The fraction of sp³-hybridized carbons (Fsp3) is 0.417. The molecule has 2 amide bonds. The van der Waals surface area contributed by atoms with Crippen molar-refractivity contribution < 1.29 is 23.5 Å². The SMILES string of the molecule is CO[C@@H]1CN(C)C(=O)c2cc(NC(=O)c3cccc(F)c3)ccc2OC[C@@H](C)NC[C@H]1C. The second kappa shape index (κ2) is 10.6. The van der Waals surface area contributed by atoms with Crippen molar-refractivity contribution in [1.29, 1.82) is 0 Å². The maximum absolute atomic E-state index is 13.5. The molecule has 32 heavy (non-hydrogen) atoms. The molecule has 1 aliphatic heterocycles. The van der Waals surface area contributed by atoms with E-state index < -0.39 is 11.7 Å². The number of nitrogens with one attached hydrogen (secondary N) is 2. The zero-order chi connectivity index (χ0) is 23.3. The van der Waals surface area contributed by atoms with E-state index in [2.05, 4.69) is 17.6 Å². The predicted octanol–water partition coefficient (Wildman–Crippen LogP) is 3.17. The Morgan fingerprint density at radius 1 is 1.25 bits per heavy atom. The predicted molar refractivity (Wildman–Crippen MR) is 121 cm³/mol. The molecule has 1 aliphatic rings. The summed E-state index contributed by atoms with van der Waals surface area (Å²) in [5.74, 6) is -0.581. The molecule has 3 atom stereocenters. The van der Waals surface area contributed by atoms with E-state index in [1.165, 1.54) is 18.2 Å². The first-order valence-corrected chi connectivity index (χ1v) is 10.6. The molecule has 7 nitrogen and oxygen atoms in total. The second-order valence-electron chi connectivity index (χ2n) is 8.23. The molecule has 0 spiro atoms. The first-order chi connectivity index (χ1) is 15.3. The number of hydrogen-bond donors (Lipinski definition) is 2. The quantitative estimate of drug-likeness (QED) is 0.762. The summed E-state index contributed by atoms with van der Waals surface area (Å²) in [7, 11) is 3.36. The van der Waals surface area contributed by atoms with Crippen LogP contribution < -0.4 is 15.4 Å². The molecule has 3 rings (SSSR count). The van der Waals surface area contributed by atoms with Gasteiger partial charge in [-0.2, -0.15) is 0 Å². The van der Waals surface area contributed by atoms with Crippen molar-refractivity contribution in [3.05, 3.63) is 59.4 Å². The lowest BCUT2D eigenvalue weighted by molar-refractivity contribution is 0.0281. The minimum atomic E-state index is -0.495. The molecule has 8 heteroatoms. The van der Waals surface area contributed by atoms with Crippen LogP contribution in [0, 0.1) is 11.7 Å². The fourth-order valence-electron chi connectivity index (χ4n) is 3.57. The lowest BCUT2D eigenvalue weighted by atomic mass is 10.0. The Kier molecular flexibility index (Phi) is 7.82. The number of ether oxygens (including phenoxy) is 2. The van der Waals surface area contributed by atoms with E-state index in [-0.39, 0.29) is 29.5 Å². The number of carbonyl (C=O) groups excluding carboxylic acids is 2. The van der Waals surface area contributed by atoms with Gasteiger partial charge in [-0.15, -0.1) is 0 Å². The van der Waals surface area contributed by atoms with Crippen LogP contribution in [0.5, 0.6) is 5.75 Å². The molecule has 0 radical (unpaired) electrons. The smallest absolute Gasteiger partial charge is 0.257 e. The van der Waals surface area contributed by atoms with E-state index >= 15 is 0 Å². The Morgan fingerprint density at radius 3 is 2.75 bits per heavy atom. The highest BCUT2D eigenvalue weighted by Gasteiger charge is 2.25. The van der Waals surface area contributed by atoms with Gasteiger partial charge >= 0.3 is 0 Å². The average Bonchev–Trinajstić information content (AvgIpc) is 2.78. The molecule has 172 valence electrons. The fourth-order valence-corrected chi connectivity index (χ4v) is 3.57. The van der Waals surface area contributed by atoms with Crippen LogP contribution in [0.1, 0.15) is 34.6 Å². The molecule has 0 aromatic heterocycles. The van der Waals surface area contributed by atoms with Gasteiger partial charge in [-0.25, -0.2) is 4.39 Å². The number of benzene rings is 2. The summed E-state index contributed by atoms with van der Waals surface area (Å²) in [5.41, 5.74) is 0.937. The molecule has 0 aliphatic carbocycles. The highest BCUT2D eigenvalue weighted by Crippen LogP contribution is 2.26. The molecule has 0 unspecified atom stereocenters. The summed E-state index contributed by atoms with van der Waals surface area (Å²) < 4.78 is 25.0. The standard InChI is InChI=1S/C24H30FN3O4/c1-15-12-26-16(2)14-32-21-9-8-19(27-23(29)17-6-5-7-18(25)10-17)11-20(21)24(30)28(3)13-22(15)31-4/h5-11,15-16,22,26H,12-14H2,1-4H3,(H,27,29)/t15-,16-,22-/m1/s1. The molecule has 1 heterocycles. The maximum atomic E-state index is 13.5. The van der Waals surface area contributed by atoms with Crippen molar-refractivity contribution in [2.75, 3.05) is 39.2 Å². The number of hydrogen-bond acceptors (Lipinski definition) is 5. The highest BCUT2D eigenvalue weighted by atomic mass is 19.1. The number of likely N-dealkylation sites (N-methyl/N-ethyl adjacent to an activating group) is 1. The summed E-state index contributed by atoms with van der Waals surface area (Å²) in [6.45, 7) is 5.62. The monoisotopic (exact) mass is 443 g/mol. The van der Waals surface area contributed by atoms with Gasteiger partial charge in [0, 0.05) is 44.5 Å². The maximum Gasteiger partial charge on any atom is 0.257 e. The topological polar surface area (TPSA) is 79.9 Å². The van der Waals surface area contributed by atoms with Crippen LogP contribution in [0.15, 0.2) is 42.5 Å². The van der Waals surface area contributed by atoms with Crippen LogP contribution in [-0.2, 0) is 4.74 Å².